The molecule has 166 valence electrons. The van der Waals surface area contributed by atoms with Crippen LogP contribution in [-0.2, 0) is 16.0 Å². The predicted molar refractivity (Wildman–Crippen MR) is 120 cm³/mol. The van der Waals surface area contributed by atoms with Gasteiger partial charge in [0, 0.05) is 12.1 Å². The summed E-state index contributed by atoms with van der Waals surface area (Å²) in [4.78, 5) is 24.6. The van der Waals surface area contributed by atoms with Gasteiger partial charge in [0.25, 0.3) is 5.91 Å². The smallest absolute Gasteiger partial charge is 0.347 e. The Kier molecular flexibility index (Phi) is 5.78. The van der Waals surface area contributed by atoms with E-state index in [2.05, 4.69) is 11.4 Å². The summed E-state index contributed by atoms with van der Waals surface area (Å²) in [6, 6.07) is 7.77. The molecule has 2 aromatic rings. The van der Waals surface area contributed by atoms with Gasteiger partial charge in [-0.1, -0.05) is 6.07 Å². The number of anilines is 1. The first-order chi connectivity index (χ1) is 14.3. The topological polar surface area (TPSA) is 84.9 Å². The Morgan fingerprint density at radius 2 is 1.68 bits per heavy atom. The van der Waals surface area contributed by atoms with Crippen molar-refractivity contribution in [3.8, 4) is 11.5 Å². The molecule has 1 atom stereocenters. The molecule has 0 saturated heterocycles. The Morgan fingerprint density at radius 1 is 1.06 bits per heavy atom. The first-order valence-electron chi connectivity index (χ1n) is 10.5. The second-order valence-electron chi connectivity index (χ2n) is 9.19. The molecule has 1 amide bonds. The number of amides is 1. The number of hydrogen-bond donors (Lipinski definition) is 2. The molecule has 6 heteroatoms. The highest BCUT2D eigenvalue weighted by molar-refractivity contribution is 5.97. The number of carbonyl (C=O) groups is 2. The van der Waals surface area contributed by atoms with E-state index in [4.69, 9.17) is 9.47 Å². The normalized spacial score (nSPS) is 18.0. The molecule has 1 aliphatic heterocycles. The molecule has 1 unspecified atom stereocenters. The van der Waals surface area contributed by atoms with Crippen LogP contribution in [0.3, 0.4) is 0 Å². The van der Waals surface area contributed by atoms with Gasteiger partial charge in [-0.2, -0.15) is 0 Å². The lowest BCUT2D eigenvalue weighted by Crippen LogP contribution is -2.48. The van der Waals surface area contributed by atoms with Crippen LogP contribution in [-0.4, -0.2) is 28.2 Å². The van der Waals surface area contributed by atoms with Crippen molar-refractivity contribution in [3.05, 3.63) is 52.1 Å². The van der Waals surface area contributed by atoms with E-state index in [1.807, 2.05) is 45.9 Å². The lowest BCUT2D eigenvalue weighted by Gasteiger charge is -2.36. The number of ether oxygens (including phenoxy) is 2. The Balaban J connectivity index is 1.87. The number of carboxylic acid groups (broad SMARTS) is 1. The van der Waals surface area contributed by atoms with E-state index in [1.165, 1.54) is 13.8 Å². The molecule has 0 aliphatic carbocycles. The van der Waals surface area contributed by atoms with E-state index >= 15 is 0 Å². The van der Waals surface area contributed by atoms with Crippen molar-refractivity contribution in [2.24, 2.45) is 0 Å². The van der Waals surface area contributed by atoms with Crippen LogP contribution >= 0.6 is 0 Å². The quantitative estimate of drug-likeness (QED) is 0.713. The average molecular weight is 426 g/mol. The Morgan fingerprint density at radius 3 is 2.26 bits per heavy atom. The van der Waals surface area contributed by atoms with Gasteiger partial charge in [-0.25, -0.2) is 4.79 Å². The molecular formula is C25H31NO5. The summed E-state index contributed by atoms with van der Waals surface area (Å²) in [6.45, 7) is 12.6. The summed E-state index contributed by atoms with van der Waals surface area (Å²) in [5.74, 6) is -0.0282. The zero-order valence-electron chi connectivity index (χ0n) is 19.3. The number of aliphatic carboxylic acids is 1. The van der Waals surface area contributed by atoms with Crippen LogP contribution in [0.5, 0.6) is 11.5 Å². The van der Waals surface area contributed by atoms with Crippen LogP contribution < -0.4 is 14.8 Å². The van der Waals surface area contributed by atoms with Crippen LogP contribution in [0, 0.1) is 27.7 Å². The number of nitrogens with one attached hydrogen (secondary N) is 1. The van der Waals surface area contributed by atoms with Crippen LogP contribution in [0.1, 0.15) is 55.0 Å². The first kappa shape index (κ1) is 22.7. The maximum atomic E-state index is 13.1. The highest BCUT2D eigenvalue weighted by Crippen LogP contribution is 2.42. The molecule has 0 saturated carbocycles. The predicted octanol–water partition coefficient (Wildman–Crippen LogP) is 4.88. The van der Waals surface area contributed by atoms with E-state index in [0.717, 1.165) is 33.5 Å². The molecule has 31 heavy (non-hydrogen) atoms. The minimum atomic E-state index is -1.35. The van der Waals surface area contributed by atoms with Gasteiger partial charge < -0.3 is 19.9 Å². The summed E-state index contributed by atoms with van der Waals surface area (Å²) < 4.78 is 12.1. The third-order valence-corrected chi connectivity index (χ3v) is 5.91. The molecule has 3 rings (SSSR count). The third-order valence-electron chi connectivity index (χ3n) is 5.91. The molecule has 6 nitrogen and oxygen atoms in total. The maximum absolute atomic E-state index is 13.1. The van der Waals surface area contributed by atoms with Crippen molar-refractivity contribution < 1.29 is 24.2 Å². The zero-order valence-corrected chi connectivity index (χ0v) is 19.3. The Labute approximate surface area is 183 Å². The van der Waals surface area contributed by atoms with E-state index in [0.29, 0.717) is 24.3 Å². The van der Waals surface area contributed by atoms with E-state index < -0.39 is 17.2 Å². The summed E-state index contributed by atoms with van der Waals surface area (Å²) >= 11 is 0. The van der Waals surface area contributed by atoms with E-state index in [-0.39, 0.29) is 5.91 Å². The molecule has 1 heterocycles. The first-order valence-corrected chi connectivity index (χ1v) is 10.5. The van der Waals surface area contributed by atoms with Gasteiger partial charge in [0.15, 0.2) is 11.2 Å². The van der Waals surface area contributed by atoms with Crippen molar-refractivity contribution in [2.45, 2.75) is 72.5 Å². The van der Waals surface area contributed by atoms with Gasteiger partial charge in [0.1, 0.15) is 11.5 Å². The Hall–Kier alpha value is -3.02. The number of hydrogen-bond acceptors (Lipinski definition) is 4. The summed E-state index contributed by atoms with van der Waals surface area (Å²) in [5, 5.41) is 12.4. The summed E-state index contributed by atoms with van der Waals surface area (Å²) in [7, 11) is 0. The lowest BCUT2D eigenvalue weighted by molar-refractivity contribution is -0.152. The second kappa shape index (κ2) is 7.91. The third kappa shape index (κ3) is 4.53. The minimum absolute atomic E-state index is 0.187. The molecule has 1 aliphatic rings. The number of benzene rings is 2. The largest absolute Gasteiger partial charge is 0.478 e. The van der Waals surface area contributed by atoms with Gasteiger partial charge in [-0.15, -0.1) is 0 Å². The molecule has 0 radical (unpaired) electrons. The van der Waals surface area contributed by atoms with Gasteiger partial charge in [0.05, 0.1) is 0 Å². The zero-order chi connectivity index (χ0) is 23.1. The highest BCUT2D eigenvalue weighted by atomic mass is 16.5. The molecule has 0 fully saturated rings. The van der Waals surface area contributed by atoms with Gasteiger partial charge >= 0.3 is 5.97 Å². The van der Waals surface area contributed by atoms with Crippen LogP contribution in [0.4, 0.5) is 5.69 Å². The van der Waals surface area contributed by atoms with Crippen LogP contribution in [0.2, 0.25) is 0 Å². The van der Waals surface area contributed by atoms with Crippen molar-refractivity contribution in [1.82, 2.24) is 0 Å². The maximum Gasteiger partial charge on any atom is 0.347 e. The van der Waals surface area contributed by atoms with Gasteiger partial charge in [-0.3, -0.25) is 4.79 Å². The van der Waals surface area contributed by atoms with Crippen molar-refractivity contribution in [2.75, 3.05) is 5.32 Å². The SMILES string of the molecule is Cc1cc(C)cc(NC(=O)C2(C)CCc3cc(OC(C)(C)C(=O)O)c(C)c(C)c3O2)c1. The number of carboxylic acids is 1. The van der Waals surface area contributed by atoms with Crippen molar-refractivity contribution in [3.63, 3.8) is 0 Å². The highest BCUT2D eigenvalue weighted by Gasteiger charge is 2.40. The standard InChI is InChI=1S/C25H31NO5/c1-14-10-15(2)12-19(11-14)26-22(27)25(7)9-8-18-13-20(30-24(5,6)23(28)29)16(3)17(4)21(18)31-25/h10-13H,8-9H2,1-7H3,(H,26,27)(H,28,29). The van der Waals surface area contributed by atoms with E-state index in [1.54, 1.807) is 6.92 Å². The fraction of sp³-hybridized carbons (Fsp3) is 0.440. The summed E-state index contributed by atoms with van der Waals surface area (Å²) in [6.07, 6.45) is 1.12. The van der Waals surface area contributed by atoms with Gasteiger partial charge in [0.2, 0.25) is 0 Å². The number of rotatable bonds is 5. The molecule has 2 N–H and O–H groups in total. The molecule has 0 spiro atoms. The van der Waals surface area contributed by atoms with Gasteiger partial charge in [-0.05, 0) is 101 Å². The molecule has 0 aromatic heterocycles. The fourth-order valence-electron chi connectivity index (χ4n) is 3.80. The van der Waals surface area contributed by atoms with Crippen molar-refractivity contribution >= 4 is 17.6 Å². The molecule has 2 aromatic carbocycles. The minimum Gasteiger partial charge on any atom is -0.478 e. The Bertz CT molecular complexity index is 1040. The van der Waals surface area contributed by atoms with E-state index in [9.17, 15) is 14.7 Å². The van der Waals surface area contributed by atoms with Crippen LogP contribution in [0.25, 0.3) is 0 Å². The summed E-state index contributed by atoms with van der Waals surface area (Å²) in [5.41, 5.74) is 3.12. The molecular weight excluding hydrogens is 394 g/mol. The second-order valence-corrected chi connectivity index (χ2v) is 9.19. The lowest BCUT2D eigenvalue weighted by atomic mass is 9.89. The van der Waals surface area contributed by atoms with Crippen LogP contribution in [0.15, 0.2) is 24.3 Å². The van der Waals surface area contributed by atoms with Crippen molar-refractivity contribution in [1.29, 1.82) is 0 Å². The number of fused-ring (bicyclic) bond motifs is 1. The number of carbonyl (C=O) groups excluding carboxylic acids is 1. The average Bonchev–Trinajstić information content (AvgIpc) is 2.65. The monoisotopic (exact) mass is 425 g/mol. The fourth-order valence-corrected chi connectivity index (χ4v) is 3.80. The molecule has 0 bridgehead atoms. The number of aryl methyl sites for hydroxylation is 3.